The molecule has 2 aromatic carbocycles. The van der Waals surface area contributed by atoms with Crippen LogP contribution < -0.4 is 0 Å². The smallest absolute Gasteiger partial charge is 0.338 e. The fraction of sp³-hybridized carbons (Fsp3) is 0.188. The lowest BCUT2D eigenvalue weighted by Gasteiger charge is -2.21. The Bertz CT molecular complexity index is 667. The SMILES string of the molecule is CCOC(=O)c1ccc2c(c1)Cc1ccccc1[S+]2[O-]. The summed E-state index contributed by atoms with van der Waals surface area (Å²) in [5, 5.41) is 0. The van der Waals surface area contributed by atoms with E-state index >= 15 is 0 Å². The van der Waals surface area contributed by atoms with E-state index in [-0.39, 0.29) is 5.97 Å². The van der Waals surface area contributed by atoms with Crippen molar-refractivity contribution in [1.29, 1.82) is 0 Å². The molecule has 1 atom stereocenters. The van der Waals surface area contributed by atoms with Gasteiger partial charge in [-0.05, 0) is 31.2 Å². The van der Waals surface area contributed by atoms with E-state index in [1.807, 2.05) is 24.3 Å². The van der Waals surface area contributed by atoms with Gasteiger partial charge in [-0.25, -0.2) is 4.79 Å². The highest BCUT2D eigenvalue weighted by molar-refractivity contribution is 7.91. The second-order valence-corrected chi connectivity index (χ2v) is 6.01. The van der Waals surface area contributed by atoms with Gasteiger partial charge in [-0.15, -0.1) is 0 Å². The van der Waals surface area contributed by atoms with Crippen molar-refractivity contribution in [2.75, 3.05) is 6.61 Å². The lowest BCUT2D eigenvalue weighted by Crippen LogP contribution is -2.16. The van der Waals surface area contributed by atoms with Gasteiger partial charge in [0.05, 0.1) is 12.2 Å². The molecule has 0 saturated heterocycles. The molecule has 1 aliphatic heterocycles. The van der Waals surface area contributed by atoms with E-state index in [1.165, 1.54) is 0 Å². The zero-order chi connectivity index (χ0) is 14.1. The molecule has 3 rings (SSSR count). The van der Waals surface area contributed by atoms with Crippen molar-refractivity contribution in [3.05, 3.63) is 59.2 Å². The van der Waals surface area contributed by atoms with Crippen molar-refractivity contribution in [2.24, 2.45) is 0 Å². The minimum absolute atomic E-state index is 0.333. The van der Waals surface area contributed by atoms with E-state index in [2.05, 4.69) is 0 Å². The van der Waals surface area contributed by atoms with Crippen LogP contribution in [0.5, 0.6) is 0 Å². The Morgan fingerprint density at radius 2 is 1.95 bits per heavy atom. The molecule has 0 radical (unpaired) electrons. The molecular formula is C16H14O3S. The van der Waals surface area contributed by atoms with E-state index in [9.17, 15) is 9.35 Å². The normalized spacial score (nSPS) is 16.2. The summed E-state index contributed by atoms with van der Waals surface area (Å²) in [6.07, 6.45) is 0.699. The quantitative estimate of drug-likeness (QED) is 0.630. The van der Waals surface area contributed by atoms with Gasteiger partial charge in [-0.1, -0.05) is 18.2 Å². The van der Waals surface area contributed by atoms with Crippen LogP contribution in [0.2, 0.25) is 0 Å². The zero-order valence-electron chi connectivity index (χ0n) is 11.1. The van der Waals surface area contributed by atoms with Crippen LogP contribution in [0.4, 0.5) is 0 Å². The first-order chi connectivity index (χ1) is 9.70. The Morgan fingerprint density at radius 1 is 1.20 bits per heavy atom. The Kier molecular flexibility index (Phi) is 3.51. The number of fused-ring (bicyclic) bond motifs is 2. The highest BCUT2D eigenvalue weighted by Crippen LogP contribution is 2.34. The Morgan fingerprint density at radius 3 is 2.75 bits per heavy atom. The molecule has 3 nitrogen and oxygen atoms in total. The predicted octanol–water partition coefficient (Wildman–Crippen LogP) is 2.93. The molecule has 0 fully saturated rings. The number of benzene rings is 2. The van der Waals surface area contributed by atoms with E-state index in [0.717, 1.165) is 20.9 Å². The zero-order valence-corrected chi connectivity index (χ0v) is 11.9. The molecule has 0 spiro atoms. The standard InChI is InChI=1S/C16H14O3S/c1-2-19-16(17)12-7-8-15-13(10-12)9-11-5-3-4-6-14(11)20(15)18/h3-8,10H,2,9H2,1H3. The first-order valence-electron chi connectivity index (χ1n) is 6.50. The van der Waals surface area contributed by atoms with Crippen molar-refractivity contribution in [2.45, 2.75) is 23.1 Å². The summed E-state index contributed by atoms with van der Waals surface area (Å²) in [5.74, 6) is -0.333. The molecule has 1 aliphatic rings. The second kappa shape index (κ2) is 5.31. The molecule has 2 aromatic rings. The monoisotopic (exact) mass is 286 g/mol. The fourth-order valence-corrected chi connectivity index (χ4v) is 3.77. The fourth-order valence-electron chi connectivity index (χ4n) is 2.39. The van der Waals surface area contributed by atoms with Gasteiger partial charge in [0.25, 0.3) is 0 Å². The van der Waals surface area contributed by atoms with Crippen molar-refractivity contribution in [1.82, 2.24) is 0 Å². The van der Waals surface area contributed by atoms with Crippen molar-refractivity contribution < 1.29 is 14.1 Å². The summed E-state index contributed by atoms with van der Waals surface area (Å²) in [6, 6.07) is 13.0. The largest absolute Gasteiger partial charge is 0.606 e. The third-order valence-electron chi connectivity index (χ3n) is 3.32. The molecule has 0 aliphatic carbocycles. The number of hydrogen-bond acceptors (Lipinski definition) is 3. The van der Waals surface area contributed by atoms with E-state index in [1.54, 1.807) is 25.1 Å². The number of ether oxygens (including phenoxy) is 1. The lowest BCUT2D eigenvalue weighted by molar-refractivity contribution is 0.0526. The third kappa shape index (κ3) is 2.21. The summed E-state index contributed by atoms with van der Waals surface area (Å²) < 4.78 is 17.5. The van der Waals surface area contributed by atoms with Gasteiger partial charge in [-0.2, -0.15) is 0 Å². The maximum absolute atomic E-state index is 12.5. The topological polar surface area (TPSA) is 49.4 Å². The van der Waals surface area contributed by atoms with Crippen LogP contribution in [0.15, 0.2) is 52.3 Å². The van der Waals surface area contributed by atoms with Gasteiger partial charge >= 0.3 is 5.97 Å². The van der Waals surface area contributed by atoms with Gasteiger partial charge in [-0.3, -0.25) is 0 Å². The Hall–Kier alpha value is -1.78. The average Bonchev–Trinajstić information content (AvgIpc) is 2.47. The summed E-state index contributed by atoms with van der Waals surface area (Å²) in [7, 11) is 0. The average molecular weight is 286 g/mol. The molecule has 0 bridgehead atoms. The number of esters is 1. The minimum atomic E-state index is -1.17. The van der Waals surface area contributed by atoms with Crippen molar-refractivity contribution in [3.63, 3.8) is 0 Å². The summed E-state index contributed by atoms with van der Waals surface area (Å²) in [4.78, 5) is 13.4. The van der Waals surface area contributed by atoms with Gasteiger partial charge in [0.2, 0.25) is 0 Å². The van der Waals surface area contributed by atoms with E-state index in [4.69, 9.17) is 4.74 Å². The lowest BCUT2D eigenvalue weighted by atomic mass is 10.0. The summed E-state index contributed by atoms with van der Waals surface area (Å²) >= 11 is -1.17. The van der Waals surface area contributed by atoms with Crippen LogP contribution in [0.1, 0.15) is 28.4 Å². The summed E-state index contributed by atoms with van der Waals surface area (Å²) in [6.45, 7) is 2.13. The molecule has 20 heavy (non-hydrogen) atoms. The molecule has 4 heteroatoms. The number of carbonyl (C=O) groups is 1. The molecular weight excluding hydrogens is 272 g/mol. The highest BCUT2D eigenvalue weighted by atomic mass is 32.2. The predicted molar refractivity (Wildman–Crippen MR) is 76.3 cm³/mol. The minimum Gasteiger partial charge on any atom is -0.606 e. The van der Waals surface area contributed by atoms with Gasteiger partial charge in [0.15, 0.2) is 9.79 Å². The molecule has 0 amide bonds. The third-order valence-corrected chi connectivity index (χ3v) is 4.92. The molecule has 102 valence electrons. The number of hydrogen-bond donors (Lipinski definition) is 0. The molecule has 1 heterocycles. The van der Waals surface area contributed by atoms with E-state index < -0.39 is 11.2 Å². The number of rotatable bonds is 2. The molecule has 0 aromatic heterocycles. The van der Waals surface area contributed by atoms with Crippen molar-refractivity contribution in [3.8, 4) is 0 Å². The van der Waals surface area contributed by atoms with Gasteiger partial charge in [0, 0.05) is 28.7 Å². The number of carbonyl (C=O) groups excluding carboxylic acids is 1. The maximum atomic E-state index is 12.5. The Labute approximate surface area is 120 Å². The van der Waals surface area contributed by atoms with E-state index in [0.29, 0.717) is 18.6 Å². The first kappa shape index (κ1) is 13.2. The summed E-state index contributed by atoms with van der Waals surface area (Å²) in [5.41, 5.74) is 2.51. The van der Waals surface area contributed by atoms with Gasteiger partial charge < -0.3 is 9.29 Å². The van der Waals surface area contributed by atoms with Crippen LogP contribution in [-0.4, -0.2) is 17.1 Å². The maximum Gasteiger partial charge on any atom is 0.338 e. The molecule has 1 unspecified atom stereocenters. The van der Waals surface area contributed by atoms with Crippen molar-refractivity contribution >= 4 is 17.1 Å². The van der Waals surface area contributed by atoms with Crippen LogP contribution in [0.3, 0.4) is 0 Å². The van der Waals surface area contributed by atoms with Crippen LogP contribution in [-0.2, 0) is 22.3 Å². The second-order valence-electron chi connectivity index (χ2n) is 4.60. The Balaban J connectivity index is 2.01. The van der Waals surface area contributed by atoms with Crippen LogP contribution in [0, 0.1) is 0 Å². The highest BCUT2D eigenvalue weighted by Gasteiger charge is 2.28. The molecule has 0 N–H and O–H groups in total. The first-order valence-corrected chi connectivity index (χ1v) is 7.65. The van der Waals surface area contributed by atoms with Crippen LogP contribution >= 0.6 is 0 Å². The van der Waals surface area contributed by atoms with Crippen LogP contribution in [0.25, 0.3) is 0 Å². The molecule has 0 saturated carbocycles. The van der Waals surface area contributed by atoms with Gasteiger partial charge in [0.1, 0.15) is 0 Å².